The van der Waals surface area contributed by atoms with Crippen LogP contribution < -0.4 is 5.32 Å². The molecule has 0 saturated heterocycles. The number of hydrogen-bond acceptors (Lipinski definition) is 5. The highest BCUT2D eigenvalue weighted by Crippen LogP contribution is 2.25. The smallest absolute Gasteiger partial charge is 0.222 e. The summed E-state index contributed by atoms with van der Waals surface area (Å²) in [7, 11) is 0. The third-order valence-electron chi connectivity index (χ3n) is 4.95. The van der Waals surface area contributed by atoms with Crippen LogP contribution in [-0.2, 0) is 23.8 Å². The van der Waals surface area contributed by atoms with E-state index in [1.165, 1.54) is 0 Å². The van der Waals surface area contributed by atoms with E-state index in [1.54, 1.807) is 0 Å². The predicted molar refractivity (Wildman–Crippen MR) is 101 cm³/mol. The minimum Gasteiger partial charge on any atom is -0.379 e. The number of hydrogen-bond donors (Lipinski definition) is 1. The average Bonchev–Trinajstić information content (AvgIpc) is 2.66. The molecule has 26 heavy (non-hydrogen) atoms. The summed E-state index contributed by atoms with van der Waals surface area (Å²) in [6.07, 6.45) is 5.85. The second kappa shape index (κ2) is 14.1. The van der Waals surface area contributed by atoms with Gasteiger partial charge in [-0.3, -0.25) is 9.59 Å². The number of Topliss-reactive ketones (excluding diaryl/α,β-unsaturated/α-hetero) is 1. The standard InChI is InChI=1S/C20H37NO5/c1-4-16(3)26-15-14-25-13-12-24-11-10-20(23)21-18-8-6-17(7-9-18)19(22)5-2/h16-18H,4-15H2,1-3H3,(H,21,23). The van der Waals surface area contributed by atoms with Crippen LogP contribution in [0.2, 0.25) is 0 Å². The van der Waals surface area contributed by atoms with E-state index in [-0.39, 0.29) is 24.0 Å². The molecule has 0 aromatic carbocycles. The van der Waals surface area contributed by atoms with Crippen LogP contribution >= 0.6 is 0 Å². The normalized spacial score (nSPS) is 21.3. The maximum Gasteiger partial charge on any atom is 0.222 e. The van der Waals surface area contributed by atoms with Gasteiger partial charge in [0, 0.05) is 24.8 Å². The molecule has 1 unspecified atom stereocenters. The lowest BCUT2D eigenvalue weighted by Gasteiger charge is -2.28. The van der Waals surface area contributed by atoms with E-state index in [1.807, 2.05) is 13.8 Å². The fourth-order valence-corrected chi connectivity index (χ4v) is 3.06. The number of carbonyl (C=O) groups is 2. The number of amides is 1. The molecule has 1 atom stereocenters. The van der Waals surface area contributed by atoms with Gasteiger partial charge in [0.05, 0.1) is 39.1 Å². The zero-order valence-corrected chi connectivity index (χ0v) is 16.8. The Morgan fingerprint density at radius 2 is 1.58 bits per heavy atom. The Balaban J connectivity index is 1.94. The zero-order valence-electron chi connectivity index (χ0n) is 16.8. The van der Waals surface area contributed by atoms with E-state index in [0.29, 0.717) is 51.7 Å². The van der Waals surface area contributed by atoms with Crippen molar-refractivity contribution in [2.45, 2.75) is 77.9 Å². The lowest BCUT2D eigenvalue weighted by atomic mass is 9.83. The Morgan fingerprint density at radius 3 is 2.19 bits per heavy atom. The summed E-state index contributed by atoms with van der Waals surface area (Å²) in [4.78, 5) is 23.6. The SMILES string of the molecule is CCC(=O)C1CCC(NC(=O)CCOCCOCCOC(C)CC)CC1. The molecule has 0 spiro atoms. The second-order valence-electron chi connectivity index (χ2n) is 7.00. The summed E-state index contributed by atoms with van der Waals surface area (Å²) in [5.74, 6) is 0.585. The summed E-state index contributed by atoms with van der Waals surface area (Å²) in [6, 6.07) is 0.206. The first kappa shape index (κ1) is 23.1. The molecule has 6 nitrogen and oxygen atoms in total. The topological polar surface area (TPSA) is 73.9 Å². The lowest BCUT2D eigenvalue weighted by molar-refractivity contribution is -0.124. The van der Waals surface area contributed by atoms with Crippen molar-refractivity contribution < 1.29 is 23.8 Å². The number of rotatable bonds is 14. The largest absolute Gasteiger partial charge is 0.379 e. The van der Waals surface area contributed by atoms with Crippen molar-refractivity contribution >= 4 is 11.7 Å². The lowest BCUT2D eigenvalue weighted by Crippen LogP contribution is -2.39. The maximum absolute atomic E-state index is 11.9. The fraction of sp³-hybridized carbons (Fsp3) is 0.900. The second-order valence-corrected chi connectivity index (χ2v) is 7.00. The summed E-state index contributed by atoms with van der Waals surface area (Å²) in [6.45, 7) is 8.63. The van der Waals surface area contributed by atoms with Gasteiger partial charge in [-0.15, -0.1) is 0 Å². The molecule has 0 bridgehead atoms. The van der Waals surface area contributed by atoms with E-state index < -0.39 is 0 Å². The molecule has 0 heterocycles. The monoisotopic (exact) mass is 371 g/mol. The van der Waals surface area contributed by atoms with Crippen LogP contribution in [0.15, 0.2) is 0 Å². The minimum atomic E-state index is 0.0261. The molecule has 152 valence electrons. The molecule has 1 aliphatic rings. The number of nitrogens with one attached hydrogen (secondary N) is 1. The van der Waals surface area contributed by atoms with Crippen LogP contribution in [0.3, 0.4) is 0 Å². The Hall–Kier alpha value is -0.980. The Kier molecular flexibility index (Phi) is 12.5. The molecule has 1 rings (SSSR count). The number of carbonyl (C=O) groups excluding carboxylic acids is 2. The molecule has 0 radical (unpaired) electrons. The van der Waals surface area contributed by atoms with Crippen LogP contribution in [0.5, 0.6) is 0 Å². The van der Waals surface area contributed by atoms with Crippen molar-refractivity contribution in [1.29, 1.82) is 0 Å². The van der Waals surface area contributed by atoms with Gasteiger partial charge in [0.25, 0.3) is 0 Å². The van der Waals surface area contributed by atoms with Crippen molar-refractivity contribution in [3.05, 3.63) is 0 Å². The molecule has 0 aromatic rings. The molecule has 0 aromatic heterocycles. The Bertz CT molecular complexity index is 394. The van der Waals surface area contributed by atoms with Crippen LogP contribution in [0, 0.1) is 5.92 Å². The third-order valence-corrected chi connectivity index (χ3v) is 4.95. The third kappa shape index (κ3) is 10.2. The quantitative estimate of drug-likeness (QED) is 0.475. The first-order chi connectivity index (χ1) is 12.6. The summed E-state index contributed by atoms with van der Waals surface area (Å²) >= 11 is 0. The number of ketones is 1. The van der Waals surface area contributed by atoms with Crippen LogP contribution in [0.4, 0.5) is 0 Å². The molecule has 1 fully saturated rings. The highest BCUT2D eigenvalue weighted by Gasteiger charge is 2.25. The van der Waals surface area contributed by atoms with Gasteiger partial charge in [-0.05, 0) is 39.0 Å². The van der Waals surface area contributed by atoms with E-state index in [4.69, 9.17) is 14.2 Å². The molecule has 1 saturated carbocycles. The van der Waals surface area contributed by atoms with E-state index in [0.717, 1.165) is 32.1 Å². The van der Waals surface area contributed by atoms with Crippen LogP contribution in [0.25, 0.3) is 0 Å². The van der Waals surface area contributed by atoms with Gasteiger partial charge in [-0.2, -0.15) is 0 Å². The highest BCUT2D eigenvalue weighted by atomic mass is 16.5. The molecule has 1 aliphatic carbocycles. The summed E-state index contributed by atoms with van der Waals surface area (Å²) < 4.78 is 16.4. The van der Waals surface area contributed by atoms with Gasteiger partial charge in [-0.1, -0.05) is 13.8 Å². The predicted octanol–water partition coefficient (Wildman–Crippen LogP) is 2.88. The average molecular weight is 372 g/mol. The molecule has 1 N–H and O–H groups in total. The first-order valence-corrected chi connectivity index (χ1v) is 10.2. The summed E-state index contributed by atoms with van der Waals surface area (Å²) in [5, 5.41) is 3.05. The van der Waals surface area contributed by atoms with Gasteiger partial charge < -0.3 is 19.5 Å². The fourth-order valence-electron chi connectivity index (χ4n) is 3.06. The molecule has 0 aliphatic heterocycles. The molecular formula is C20H37NO5. The minimum absolute atomic E-state index is 0.0261. The van der Waals surface area contributed by atoms with E-state index in [9.17, 15) is 9.59 Å². The Labute approximate surface area is 158 Å². The van der Waals surface area contributed by atoms with Crippen LogP contribution in [0.1, 0.15) is 65.7 Å². The van der Waals surface area contributed by atoms with Gasteiger partial charge in [0.1, 0.15) is 5.78 Å². The van der Waals surface area contributed by atoms with E-state index in [2.05, 4.69) is 12.2 Å². The first-order valence-electron chi connectivity index (χ1n) is 10.2. The number of ether oxygens (including phenoxy) is 3. The van der Waals surface area contributed by atoms with E-state index >= 15 is 0 Å². The van der Waals surface area contributed by atoms with Crippen molar-refractivity contribution in [2.24, 2.45) is 5.92 Å². The molecular weight excluding hydrogens is 334 g/mol. The van der Waals surface area contributed by atoms with Crippen molar-refractivity contribution in [3.63, 3.8) is 0 Å². The van der Waals surface area contributed by atoms with Crippen LogP contribution in [-0.4, -0.2) is 56.9 Å². The van der Waals surface area contributed by atoms with Crippen molar-refractivity contribution in [2.75, 3.05) is 33.0 Å². The summed E-state index contributed by atoms with van der Waals surface area (Å²) in [5.41, 5.74) is 0. The van der Waals surface area contributed by atoms with Gasteiger partial charge >= 0.3 is 0 Å². The zero-order chi connectivity index (χ0) is 19.2. The highest BCUT2D eigenvalue weighted by molar-refractivity contribution is 5.80. The maximum atomic E-state index is 11.9. The van der Waals surface area contributed by atoms with Gasteiger partial charge in [0.2, 0.25) is 5.91 Å². The van der Waals surface area contributed by atoms with Gasteiger partial charge in [0.15, 0.2) is 0 Å². The molecule has 1 amide bonds. The molecule has 6 heteroatoms. The van der Waals surface area contributed by atoms with Crippen molar-refractivity contribution in [3.8, 4) is 0 Å². The van der Waals surface area contributed by atoms with Crippen molar-refractivity contribution in [1.82, 2.24) is 5.32 Å². The Morgan fingerprint density at radius 1 is 0.962 bits per heavy atom. The van der Waals surface area contributed by atoms with Gasteiger partial charge in [-0.25, -0.2) is 0 Å².